The number of esters is 1. The van der Waals surface area contributed by atoms with E-state index in [0.717, 1.165) is 39.7 Å². The average Bonchev–Trinajstić information content (AvgIpc) is 3.26. The van der Waals surface area contributed by atoms with E-state index < -0.39 is 0 Å². The normalized spacial score (nSPS) is 14.3. The van der Waals surface area contributed by atoms with E-state index in [4.69, 9.17) is 15.5 Å². The van der Waals surface area contributed by atoms with Crippen molar-refractivity contribution in [2.45, 2.75) is 38.8 Å². The molecule has 2 aromatic heterocycles. The minimum absolute atomic E-state index is 0.137. The zero-order chi connectivity index (χ0) is 20.5. The fraction of sp³-hybridized carbons (Fsp3) is 0.400. The maximum absolute atomic E-state index is 12.1. The summed E-state index contributed by atoms with van der Waals surface area (Å²) in [5.41, 5.74) is 8.50. The number of benzene rings is 1. The monoisotopic (exact) mass is 459 g/mol. The number of rotatable bonds is 6. The van der Waals surface area contributed by atoms with Crippen molar-refractivity contribution in [3.63, 3.8) is 0 Å². The molecule has 9 heteroatoms. The van der Waals surface area contributed by atoms with Crippen LogP contribution in [0, 0.1) is 0 Å². The molecular weight excluding hydrogens is 438 g/mol. The van der Waals surface area contributed by atoms with Crippen LogP contribution in [-0.2, 0) is 27.4 Å². The third-order valence-electron chi connectivity index (χ3n) is 5.24. The number of hydrogen-bond acceptors (Lipinski definition) is 6. The smallest absolute Gasteiger partial charge is 0.305 e. The molecule has 3 heterocycles. The van der Waals surface area contributed by atoms with Crippen LogP contribution in [-0.4, -0.2) is 45.0 Å². The van der Waals surface area contributed by atoms with Gasteiger partial charge in [0.25, 0.3) is 0 Å². The lowest BCUT2D eigenvalue weighted by atomic mass is 10.2. The van der Waals surface area contributed by atoms with E-state index in [0.29, 0.717) is 43.7 Å². The third kappa shape index (κ3) is 3.78. The molecule has 1 aliphatic rings. The molecule has 1 aliphatic heterocycles. The molecule has 1 amide bonds. The fourth-order valence-electron chi connectivity index (χ4n) is 3.82. The molecule has 152 valence electrons. The molecule has 0 aliphatic carbocycles. The van der Waals surface area contributed by atoms with Crippen LogP contribution >= 0.6 is 15.9 Å². The third-order valence-corrected chi connectivity index (χ3v) is 5.73. The van der Waals surface area contributed by atoms with Crippen molar-refractivity contribution in [3.05, 3.63) is 28.5 Å². The van der Waals surface area contributed by atoms with Gasteiger partial charge in [-0.15, -0.1) is 0 Å². The Kier molecular flexibility index (Phi) is 5.40. The lowest BCUT2D eigenvalue weighted by molar-refractivity contribution is -0.140. The van der Waals surface area contributed by atoms with Crippen molar-refractivity contribution in [1.82, 2.24) is 19.4 Å². The first-order valence-electron chi connectivity index (χ1n) is 9.56. The first-order chi connectivity index (χ1) is 14.0. The van der Waals surface area contributed by atoms with Gasteiger partial charge in [-0.05, 0) is 31.0 Å². The number of nitrogens with zero attached hydrogens (tertiary/aromatic N) is 4. The van der Waals surface area contributed by atoms with Gasteiger partial charge in [0.1, 0.15) is 11.3 Å². The first-order valence-corrected chi connectivity index (χ1v) is 10.4. The number of anilines is 1. The Labute approximate surface area is 176 Å². The molecule has 0 bridgehead atoms. The molecule has 0 radical (unpaired) electrons. The quantitative estimate of drug-likeness (QED) is 0.568. The van der Waals surface area contributed by atoms with E-state index in [9.17, 15) is 9.59 Å². The zero-order valence-corrected chi connectivity index (χ0v) is 17.7. The van der Waals surface area contributed by atoms with Gasteiger partial charge in [0.15, 0.2) is 5.82 Å². The van der Waals surface area contributed by atoms with Crippen LogP contribution in [0.1, 0.15) is 31.5 Å². The van der Waals surface area contributed by atoms with Crippen molar-refractivity contribution in [3.8, 4) is 0 Å². The van der Waals surface area contributed by atoms with E-state index in [1.54, 1.807) is 0 Å². The summed E-state index contributed by atoms with van der Waals surface area (Å²) in [4.78, 5) is 34.8. The number of methoxy groups -OCH3 is 1. The number of ether oxygens (including phenoxy) is 1. The number of likely N-dealkylation sites (tertiary alicyclic amines) is 1. The number of carbonyl (C=O) groups is 2. The first kappa shape index (κ1) is 19.6. The molecule has 2 N–H and O–H groups in total. The lowest BCUT2D eigenvalue weighted by Crippen LogP contribution is -2.26. The van der Waals surface area contributed by atoms with Gasteiger partial charge < -0.3 is 19.9 Å². The predicted molar refractivity (Wildman–Crippen MR) is 113 cm³/mol. The topological polar surface area (TPSA) is 103 Å². The molecule has 1 aromatic carbocycles. The van der Waals surface area contributed by atoms with Crippen LogP contribution in [0.25, 0.3) is 21.9 Å². The summed E-state index contributed by atoms with van der Waals surface area (Å²) < 4.78 is 7.74. The van der Waals surface area contributed by atoms with Crippen LogP contribution in [0.4, 0.5) is 5.82 Å². The zero-order valence-electron chi connectivity index (χ0n) is 16.2. The van der Waals surface area contributed by atoms with Gasteiger partial charge in [-0.2, -0.15) is 0 Å². The number of aromatic nitrogens is 3. The van der Waals surface area contributed by atoms with Crippen molar-refractivity contribution >= 4 is 55.6 Å². The molecule has 1 fully saturated rings. The molecule has 0 saturated carbocycles. The molecule has 3 aromatic rings. The van der Waals surface area contributed by atoms with Gasteiger partial charge in [-0.3, -0.25) is 9.59 Å². The van der Waals surface area contributed by atoms with E-state index in [1.165, 1.54) is 7.11 Å². The highest BCUT2D eigenvalue weighted by molar-refractivity contribution is 9.10. The van der Waals surface area contributed by atoms with Crippen molar-refractivity contribution in [1.29, 1.82) is 0 Å². The van der Waals surface area contributed by atoms with Crippen LogP contribution in [0.15, 0.2) is 22.7 Å². The van der Waals surface area contributed by atoms with Gasteiger partial charge in [-0.1, -0.05) is 15.9 Å². The number of carbonyl (C=O) groups excluding carboxylic acids is 2. The summed E-state index contributed by atoms with van der Waals surface area (Å²) in [5, 5.41) is 0.932. The Morgan fingerprint density at radius 2 is 2.17 bits per heavy atom. The molecule has 0 atom stereocenters. The highest BCUT2D eigenvalue weighted by Gasteiger charge is 2.24. The average molecular weight is 460 g/mol. The Morgan fingerprint density at radius 1 is 1.34 bits per heavy atom. The standard InChI is InChI=1S/C20H22BrN5O3/c1-29-17(28)5-3-9-26-15(11-25-8-2-4-16(25)27)24-18-19(26)13-7-6-12(21)10-14(13)23-20(18)22/h6-7,10H,2-5,8-9,11H2,1H3,(H2,22,23). The number of nitrogen functional groups attached to an aromatic ring is 1. The van der Waals surface area contributed by atoms with Crippen molar-refractivity contribution in [2.24, 2.45) is 0 Å². The molecule has 8 nitrogen and oxygen atoms in total. The van der Waals surface area contributed by atoms with Gasteiger partial charge in [0, 0.05) is 35.8 Å². The van der Waals surface area contributed by atoms with Crippen molar-refractivity contribution in [2.75, 3.05) is 19.4 Å². The lowest BCUT2D eigenvalue weighted by Gasteiger charge is -2.17. The summed E-state index contributed by atoms with van der Waals surface area (Å²) in [6.45, 7) is 1.71. The van der Waals surface area contributed by atoms with Crippen molar-refractivity contribution < 1.29 is 14.3 Å². The van der Waals surface area contributed by atoms with Gasteiger partial charge in [-0.25, -0.2) is 9.97 Å². The number of imidazole rings is 1. The van der Waals surface area contributed by atoms with Gasteiger partial charge in [0.05, 0.1) is 24.7 Å². The second-order valence-corrected chi connectivity index (χ2v) is 8.05. The number of halogens is 1. The second-order valence-electron chi connectivity index (χ2n) is 7.13. The van der Waals surface area contributed by atoms with Gasteiger partial charge in [0.2, 0.25) is 5.91 Å². The summed E-state index contributed by atoms with van der Waals surface area (Å²) >= 11 is 3.48. The summed E-state index contributed by atoms with van der Waals surface area (Å²) in [6.07, 6.45) is 2.34. The maximum Gasteiger partial charge on any atom is 0.305 e. The number of hydrogen-bond donors (Lipinski definition) is 1. The Morgan fingerprint density at radius 3 is 2.90 bits per heavy atom. The number of amides is 1. The Bertz CT molecular complexity index is 1110. The van der Waals surface area contributed by atoms with E-state index in [1.807, 2.05) is 23.1 Å². The largest absolute Gasteiger partial charge is 0.469 e. The number of nitrogens with two attached hydrogens (primary N) is 1. The minimum atomic E-state index is -0.249. The Hall–Kier alpha value is -2.68. The summed E-state index contributed by atoms with van der Waals surface area (Å²) in [7, 11) is 1.39. The van der Waals surface area contributed by atoms with Crippen LogP contribution < -0.4 is 5.73 Å². The highest BCUT2D eigenvalue weighted by Crippen LogP contribution is 2.31. The number of pyridine rings is 1. The number of fused-ring (bicyclic) bond motifs is 3. The highest BCUT2D eigenvalue weighted by atomic mass is 79.9. The van der Waals surface area contributed by atoms with E-state index in [-0.39, 0.29) is 11.9 Å². The molecule has 0 unspecified atom stereocenters. The van der Waals surface area contributed by atoms with Gasteiger partial charge >= 0.3 is 5.97 Å². The molecule has 1 saturated heterocycles. The van der Waals surface area contributed by atoms with Crippen LogP contribution in [0.3, 0.4) is 0 Å². The SMILES string of the molecule is COC(=O)CCCn1c(CN2CCCC2=O)nc2c(N)nc3cc(Br)ccc3c21. The molecule has 4 rings (SSSR count). The predicted octanol–water partition coefficient (Wildman–Crippen LogP) is 3.00. The minimum Gasteiger partial charge on any atom is -0.469 e. The Balaban J connectivity index is 1.82. The van der Waals surface area contributed by atoms with Crippen LogP contribution in [0.5, 0.6) is 0 Å². The van der Waals surface area contributed by atoms with Crippen LogP contribution in [0.2, 0.25) is 0 Å². The maximum atomic E-state index is 12.1. The van der Waals surface area contributed by atoms with E-state index in [2.05, 4.69) is 25.5 Å². The number of aryl methyl sites for hydroxylation is 1. The second kappa shape index (κ2) is 7.98. The molecule has 0 spiro atoms. The summed E-state index contributed by atoms with van der Waals surface area (Å²) in [5.74, 6) is 0.995. The molecular formula is C20H22BrN5O3. The fourth-order valence-corrected chi connectivity index (χ4v) is 4.17. The summed E-state index contributed by atoms with van der Waals surface area (Å²) in [6, 6.07) is 5.85. The molecule has 29 heavy (non-hydrogen) atoms. The van der Waals surface area contributed by atoms with E-state index >= 15 is 0 Å².